The van der Waals surface area contributed by atoms with Gasteiger partial charge in [0.15, 0.2) is 0 Å². The summed E-state index contributed by atoms with van der Waals surface area (Å²) in [6.45, 7) is 0. The summed E-state index contributed by atoms with van der Waals surface area (Å²) in [6, 6.07) is 4.07. The second-order valence-corrected chi connectivity index (χ2v) is 10.0. The smallest absolute Gasteiger partial charge is 0.258 e. The second kappa shape index (κ2) is 6.09. The molecule has 26 heavy (non-hydrogen) atoms. The van der Waals surface area contributed by atoms with E-state index in [1.54, 1.807) is 0 Å². The van der Waals surface area contributed by atoms with Crippen molar-refractivity contribution in [1.29, 1.82) is 0 Å². The van der Waals surface area contributed by atoms with Crippen LogP contribution < -0.4 is 5.32 Å². The van der Waals surface area contributed by atoms with Gasteiger partial charge >= 0.3 is 0 Å². The number of rotatable bonds is 3. The van der Waals surface area contributed by atoms with E-state index in [0.29, 0.717) is 9.60 Å². The molecule has 136 valence electrons. The summed E-state index contributed by atoms with van der Waals surface area (Å²) in [7, 11) is 0. The third-order valence-electron chi connectivity index (χ3n) is 6.31. The van der Waals surface area contributed by atoms with Crippen molar-refractivity contribution in [3.05, 3.63) is 39.1 Å². The van der Waals surface area contributed by atoms with Gasteiger partial charge in [0.25, 0.3) is 5.91 Å². The molecule has 1 heterocycles. The highest BCUT2D eigenvalue weighted by Gasteiger charge is 2.53. The normalized spacial score (nSPS) is 32.0. The third kappa shape index (κ3) is 2.80. The van der Waals surface area contributed by atoms with E-state index < -0.39 is 5.82 Å². The van der Waals surface area contributed by atoms with Crippen LogP contribution in [0.2, 0.25) is 0 Å². The molecule has 1 aromatic carbocycles. The van der Waals surface area contributed by atoms with Crippen LogP contribution in [0.5, 0.6) is 0 Å². The number of carbonyl (C=O) groups is 1. The lowest BCUT2D eigenvalue weighted by Gasteiger charge is -2.55. The minimum absolute atomic E-state index is 0.175. The predicted octanol–water partition coefficient (Wildman–Crippen LogP) is 5.16. The fourth-order valence-corrected chi connectivity index (χ4v) is 7.08. The monoisotopic (exact) mass is 435 g/mol. The van der Waals surface area contributed by atoms with Crippen LogP contribution in [0.4, 0.5) is 9.52 Å². The maximum Gasteiger partial charge on any atom is 0.258 e. The van der Waals surface area contributed by atoms with Crippen molar-refractivity contribution < 1.29 is 9.18 Å². The van der Waals surface area contributed by atoms with Crippen LogP contribution in [0.3, 0.4) is 0 Å². The highest BCUT2D eigenvalue weighted by atomic mass is 79.9. The van der Waals surface area contributed by atoms with Gasteiger partial charge in [-0.25, -0.2) is 4.39 Å². The molecule has 2 aromatic rings. The van der Waals surface area contributed by atoms with Gasteiger partial charge in [-0.05, 0) is 90.4 Å². The SMILES string of the molecule is O=C(Nc1nnc(C23CC4CC(CC(C4)C2)C3)s1)c1cc(F)ccc1Br. The molecule has 0 spiro atoms. The summed E-state index contributed by atoms with van der Waals surface area (Å²) in [5.74, 6) is 1.71. The summed E-state index contributed by atoms with van der Waals surface area (Å²) in [4.78, 5) is 12.5. The molecule has 6 rings (SSSR count). The lowest BCUT2D eigenvalue weighted by atomic mass is 9.50. The molecule has 4 fully saturated rings. The molecular formula is C19H19BrFN3OS. The Hall–Kier alpha value is -1.34. The minimum atomic E-state index is -0.440. The van der Waals surface area contributed by atoms with Crippen molar-refractivity contribution >= 4 is 38.3 Å². The molecule has 4 aliphatic rings. The summed E-state index contributed by atoms with van der Waals surface area (Å²) in [5, 5.41) is 13.0. The molecule has 4 bridgehead atoms. The molecule has 0 radical (unpaired) electrons. The topological polar surface area (TPSA) is 54.9 Å². The largest absolute Gasteiger partial charge is 0.296 e. The van der Waals surface area contributed by atoms with E-state index in [0.717, 1.165) is 22.8 Å². The fourth-order valence-electron chi connectivity index (χ4n) is 5.70. The van der Waals surface area contributed by atoms with Crippen LogP contribution >= 0.6 is 27.3 Å². The van der Waals surface area contributed by atoms with Gasteiger partial charge in [0, 0.05) is 9.89 Å². The number of carbonyl (C=O) groups excluding carboxylic acids is 1. The number of halogens is 2. The number of hydrogen-bond acceptors (Lipinski definition) is 4. The van der Waals surface area contributed by atoms with Crippen molar-refractivity contribution in [3.63, 3.8) is 0 Å². The van der Waals surface area contributed by atoms with Crippen LogP contribution in [0.1, 0.15) is 53.9 Å². The Morgan fingerprint density at radius 1 is 1.15 bits per heavy atom. The first kappa shape index (κ1) is 16.8. The van der Waals surface area contributed by atoms with Crippen molar-refractivity contribution in [2.24, 2.45) is 17.8 Å². The van der Waals surface area contributed by atoms with Crippen molar-refractivity contribution in [1.82, 2.24) is 10.2 Å². The number of hydrogen-bond donors (Lipinski definition) is 1. The first-order valence-electron chi connectivity index (χ1n) is 9.11. The van der Waals surface area contributed by atoms with Gasteiger partial charge in [-0.15, -0.1) is 10.2 Å². The zero-order valence-electron chi connectivity index (χ0n) is 14.2. The molecule has 0 unspecified atom stereocenters. The Morgan fingerprint density at radius 3 is 2.46 bits per heavy atom. The molecule has 1 N–H and O–H groups in total. The standard InChI is InChI=1S/C19H19BrFN3OS/c20-15-2-1-13(21)6-14(15)16(25)22-18-24-23-17(26-18)19-7-10-3-11(8-19)5-12(4-10)9-19/h1-2,6,10-12H,3-5,7-9H2,(H,22,24,25). The van der Waals surface area contributed by atoms with Crippen LogP contribution in [-0.2, 0) is 5.41 Å². The van der Waals surface area contributed by atoms with Crippen molar-refractivity contribution in [2.45, 2.75) is 43.9 Å². The van der Waals surface area contributed by atoms with E-state index in [-0.39, 0.29) is 16.9 Å². The second-order valence-electron chi connectivity index (χ2n) is 8.19. The number of aromatic nitrogens is 2. The van der Waals surface area contributed by atoms with Crippen molar-refractivity contribution in [2.75, 3.05) is 5.32 Å². The number of amides is 1. The summed E-state index contributed by atoms with van der Waals surface area (Å²) in [5.41, 5.74) is 0.436. The van der Waals surface area contributed by atoms with Crippen LogP contribution in [0, 0.1) is 23.6 Å². The van der Waals surface area contributed by atoms with Crippen LogP contribution in [0.15, 0.2) is 22.7 Å². The Balaban J connectivity index is 1.38. The number of anilines is 1. The molecule has 7 heteroatoms. The van der Waals surface area contributed by atoms with Gasteiger partial charge in [0.1, 0.15) is 10.8 Å². The average Bonchev–Trinajstić information content (AvgIpc) is 3.05. The van der Waals surface area contributed by atoms with Gasteiger partial charge in [0.05, 0.1) is 5.56 Å². The van der Waals surface area contributed by atoms with Gasteiger partial charge in [-0.1, -0.05) is 11.3 Å². The summed E-state index contributed by atoms with van der Waals surface area (Å²) < 4.78 is 14.0. The molecule has 1 amide bonds. The summed E-state index contributed by atoms with van der Waals surface area (Å²) in [6.07, 6.45) is 7.81. The van der Waals surface area contributed by atoms with Gasteiger partial charge in [-0.3, -0.25) is 10.1 Å². The maximum absolute atomic E-state index is 13.4. The zero-order chi connectivity index (χ0) is 17.9. The quantitative estimate of drug-likeness (QED) is 0.723. The number of nitrogens with one attached hydrogen (secondary N) is 1. The molecule has 4 nitrogen and oxygen atoms in total. The van der Waals surface area contributed by atoms with Gasteiger partial charge < -0.3 is 0 Å². The first-order chi connectivity index (χ1) is 12.5. The van der Waals surface area contributed by atoms with Gasteiger partial charge in [-0.2, -0.15) is 0 Å². The Kier molecular flexibility index (Phi) is 3.94. The molecule has 1 aromatic heterocycles. The predicted molar refractivity (Wildman–Crippen MR) is 102 cm³/mol. The third-order valence-corrected chi connectivity index (χ3v) is 8.09. The molecular weight excluding hydrogens is 417 g/mol. The van der Waals surface area contributed by atoms with Crippen LogP contribution in [-0.4, -0.2) is 16.1 Å². The van der Waals surface area contributed by atoms with E-state index in [2.05, 4.69) is 31.4 Å². The van der Waals surface area contributed by atoms with Crippen LogP contribution in [0.25, 0.3) is 0 Å². The van der Waals surface area contributed by atoms with E-state index in [1.807, 2.05) is 0 Å². The van der Waals surface area contributed by atoms with E-state index in [4.69, 9.17) is 0 Å². The Bertz CT molecular complexity index is 848. The highest BCUT2D eigenvalue weighted by Crippen LogP contribution is 2.61. The molecule has 0 atom stereocenters. The van der Waals surface area contributed by atoms with E-state index in [9.17, 15) is 9.18 Å². The summed E-state index contributed by atoms with van der Waals surface area (Å²) >= 11 is 4.79. The Labute approximate surface area is 163 Å². The fraction of sp³-hybridized carbons (Fsp3) is 0.526. The van der Waals surface area contributed by atoms with E-state index in [1.165, 1.54) is 68.1 Å². The molecule has 0 saturated heterocycles. The number of benzene rings is 1. The first-order valence-corrected chi connectivity index (χ1v) is 10.7. The lowest BCUT2D eigenvalue weighted by molar-refractivity contribution is -0.00555. The molecule has 4 aliphatic carbocycles. The van der Waals surface area contributed by atoms with E-state index >= 15 is 0 Å². The molecule has 4 saturated carbocycles. The zero-order valence-corrected chi connectivity index (χ0v) is 16.6. The highest BCUT2D eigenvalue weighted by molar-refractivity contribution is 9.10. The average molecular weight is 436 g/mol. The number of nitrogens with zero attached hydrogens (tertiary/aromatic N) is 2. The van der Waals surface area contributed by atoms with Crippen molar-refractivity contribution in [3.8, 4) is 0 Å². The lowest BCUT2D eigenvalue weighted by Crippen LogP contribution is -2.48. The molecule has 0 aliphatic heterocycles. The minimum Gasteiger partial charge on any atom is -0.296 e. The Morgan fingerprint density at radius 2 is 1.81 bits per heavy atom. The maximum atomic E-state index is 13.4. The van der Waals surface area contributed by atoms with Gasteiger partial charge in [0.2, 0.25) is 5.13 Å².